The highest BCUT2D eigenvalue weighted by atomic mass is 32.2. The van der Waals surface area contributed by atoms with Crippen LogP contribution in [0.1, 0.15) is 12.5 Å². The summed E-state index contributed by atoms with van der Waals surface area (Å²) in [6.07, 6.45) is 0.0603. The Morgan fingerprint density at radius 3 is 2.45 bits per heavy atom. The maximum Gasteiger partial charge on any atom is 0.230 e. The lowest BCUT2D eigenvalue weighted by molar-refractivity contribution is -0.119. The van der Waals surface area contributed by atoms with Gasteiger partial charge >= 0.3 is 0 Å². The molecule has 0 aliphatic carbocycles. The third kappa shape index (κ3) is 5.56. The average Bonchev–Trinajstić information content (AvgIpc) is 2.33. The van der Waals surface area contributed by atoms with Crippen LogP contribution in [0.4, 0.5) is 8.78 Å². The van der Waals surface area contributed by atoms with Gasteiger partial charge in [0.1, 0.15) is 11.6 Å². The molecule has 0 saturated heterocycles. The summed E-state index contributed by atoms with van der Waals surface area (Å²) in [5, 5.41) is 2.61. The third-order valence-electron chi connectivity index (χ3n) is 2.46. The number of primary amides is 1. The van der Waals surface area contributed by atoms with Gasteiger partial charge in [-0.3, -0.25) is 9.59 Å². The lowest BCUT2D eigenvalue weighted by Gasteiger charge is -2.14. The molecular weight excluding hydrogens is 286 g/mol. The molecule has 0 aliphatic heterocycles. The highest BCUT2D eigenvalue weighted by Crippen LogP contribution is 2.14. The summed E-state index contributed by atoms with van der Waals surface area (Å²) in [6.45, 7) is 1.66. The van der Waals surface area contributed by atoms with Gasteiger partial charge in [0.25, 0.3) is 0 Å². The summed E-state index contributed by atoms with van der Waals surface area (Å²) in [7, 11) is 0. The number of carbonyl (C=O) groups is 2. The zero-order chi connectivity index (χ0) is 15.1. The van der Waals surface area contributed by atoms with Gasteiger partial charge in [0.05, 0.1) is 11.5 Å². The van der Waals surface area contributed by atoms with E-state index in [9.17, 15) is 18.4 Å². The van der Waals surface area contributed by atoms with Crippen molar-refractivity contribution in [3.63, 3.8) is 0 Å². The molecule has 0 bridgehead atoms. The van der Waals surface area contributed by atoms with Crippen molar-refractivity contribution >= 4 is 23.6 Å². The van der Waals surface area contributed by atoms with Gasteiger partial charge in [-0.1, -0.05) is 6.07 Å². The van der Waals surface area contributed by atoms with Gasteiger partial charge in [-0.05, 0) is 25.5 Å². The molecule has 0 unspecified atom stereocenters. The van der Waals surface area contributed by atoms with Crippen LogP contribution < -0.4 is 11.1 Å². The first kappa shape index (κ1) is 16.4. The molecule has 4 nitrogen and oxygen atoms in total. The number of carbonyl (C=O) groups excluding carboxylic acids is 2. The Balaban J connectivity index is 2.45. The van der Waals surface area contributed by atoms with E-state index in [4.69, 9.17) is 5.73 Å². The van der Waals surface area contributed by atoms with Crippen LogP contribution in [0.3, 0.4) is 0 Å². The molecule has 0 fully saturated rings. The number of rotatable bonds is 7. The van der Waals surface area contributed by atoms with Crippen LogP contribution in [0, 0.1) is 11.6 Å². The first-order valence-electron chi connectivity index (χ1n) is 5.98. The van der Waals surface area contributed by atoms with E-state index in [1.807, 2.05) is 0 Å². The van der Waals surface area contributed by atoms with Crippen molar-refractivity contribution in [3.8, 4) is 0 Å². The predicted octanol–water partition coefficient (Wildman–Crippen LogP) is 1.23. The van der Waals surface area contributed by atoms with Crippen molar-refractivity contribution in [2.24, 2.45) is 5.73 Å². The van der Waals surface area contributed by atoms with E-state index in [0.29, 0.717) is 0 Å². The van der Waals surface area contributed by atoms with E-state index >= 15 is 0 Å². The minimum atomic E-state index is -0.630. The fraction of sp³-hybridized carbons (Fsp3) is 0.385. The van der Waals surface area contributed by atoms with Crippen molar-refractivity contribution in [3.05, 3.63) is 35.4 Å². The Morgan fingerprint density at radius 1 is 1.30 bits per heavy atom. The van der Waals surface area contributed by atoms with Gasteiger partial charge < -0.3 is 11.1 Å². The van der Waals surface area contributed by atoms with Crippen molar-refractivity contribution in [2.75, 3.05) is 11.5 Å². The van der Waals surface area contributed by atoms with Crippen molar-refractivity contribution < 1.29 is 18.4 Å². The summed E-state index contributed by atoms with van der Waals surface area (Å²) in [5.41, 5.74) is 4.89. The summed E-state index contributed by atoms with van der Waals surface area (Å²) in [6, 6.07) is 3.23. The Kier molecular flexibility index (Phi) is 6.44. The Labute approximate surface area is 120 Å². The summed E-state index contributed by atoms with van der Waals surface area (Å²) in [4.78, 5) is 22.0. The molecule has 0 heterocycles. The first-order valence-corrected chi connectivity index (χ1v) is 7.14. The molecule has 7 heteroatoms. The Morgan fingerprint density at radius 2 is 1.90 bits per heavy atom. The molecule has 1 atom stereocenters. The molecule has 1 aromatic rings. The van der Waals surface area contributed by atoms with Crippen LogP contribution in [0.5, 0.6) is 0 Å². The molecule has 0 spiro atoms. The highest BCUT2D eigenvalue weighted by molar-refractivity contribution is 8.00. The van der Waals surface area contributed by atoms with Crippen molar-refractivity contribution in [1.82, 2.24) is 5.32 Å². The first-order chi connectivity index (χ1) is 9.40. The zero-order valence-corrected chi connectivity index (χ0v) is 11.8. The van der Waals surface area contributed by atoms with E-state index in [0.717, 1.165) is 11.8 Å². The average molecular weight is 302 g/mol. The number of nitrogens with one attached hydrogen (secondary N) is 1. The zero-order valence-electron chi connectivity index (χ0n) is 11.0. The third-order valence-corrected chi connectivity index (χ3v) is 3.41. The van der Waals surface area contributed by atoms with Gasteiger partial charge in [-0.2, -0.15) is 0 Å². The fourth-order valence-corrected chi connectivity index (χ4v) is 2.22. The molecule has 20 heavy (non-hydrogen) atoms. The molecule has 0 radical (unpaired) electrons. The number of halogens is 2. The molecule has 110 valence electrons. The van der Waals surface area contributed by atoms with E-state index in [1.54, 1.807) is 6.92 Å². The Bertz CT molecular complexity index is 477. The number of nitrogens with two attached hydrogens (primary N) is 1. The van der Waals surface area contributed by atoms with Gasteiger partial charge in [0.15, 0.2) is 0 Å². The summed E-state index contributed by atoms with van der Waals surface area (Å²) < 4.78 is 26.9. The molecule has 1 aromatic carbocycles. The van der Waals surface area contributed by atoms with Crippen LogP contribution in [-0.4, -0.2) is 29.4 Å². The van der Waals surface area contributed by atoms with Gasteiger partial charge in [0.2, 0.25) is 11.8 Å². The van der Waals surface area contributed by atoms with E-state index in [1.165, 1.54) is 18.2 Å². The van der Waals surface area contributed by atoms with Crippen LogP contribution in [0.15, 0.2) is 18.2 Å². The molecule has 0 saturated carbocycles. The fourth-order valence-electron chi connectivity index (χ4n) is 1.65. The van der Waals surface area contributed by atoms with Gasteiger partial charge in [0, 0.05) is 11.6 Å². The standard InChI is InChI=1S/C13H16F2N2O2S/c1-8(17-13(19)7-20-6-12(16)18)5-9-10(14)3-2-4-11(9)15/h2-4,8H,5-7H2,1H3,(H2,16,18)(H,17,19)/t8-/m1/s1. The lowest BCUT2D eigenvalue weighted by Crippen LogP contribution is -2.36. The molecule has 1 rings (SSSR count). The van der Waals surface area contributed by atoms with Crippen LogP contribution in [0.25, 0.3) is 0 Å². The van der Waals surface area contributed by atoms with Gasteiger partial charge in [-0.25, -0.2) is 8.78 Å². The number of hydrogen-bond donors (Lipinski definition) is 2. The number of benzene rings is 1. The summed E-state index contributed by atoms with van der Waals surface area (Å²) >= 11 is 1.09. The minimum absolute atomic E-state index is 0.0508. The SMILES string of the molecule is C[C@H](Cc1c(F)cccc1F)NC(=O)CSCC(N)=O. The molecular formula is C13H16F2N2O2S. The minimum Gasteiger partial charge on any atom is -0.369 e. The molecule has 0 aromatic heterocycles. The molecule has 3 N–H and O–H groups in total. The quantitative estimate of drug-likeness (QED) is 0.796. The maximum absolute atomic E-state index is 13.4. The second-order valence-corrected chi connectivity index (χ2v) is 5.32. The predicted molar refractivity (Wildman–Crippen MR) is 74.2 cm³/mol. The Hall–Kier alpha value is -1.63. The van der Waals surface area contributed by atoms with E-state index < -0.39 is 23.6 Å². The van der Waals surface area contributed by atoms with Crippen LogP contribution in [-0.2, 0) is 16.0 Å². The monoisotopic (exact) mass is 302 g/mol. The largest absolute Gasteiger partial charge is 0.369 e. The van der Waals surface area contributed by atoms with Crippen molar-refractivity contribution in [2.45, 2.75) is 19.4 Å². The van der Waals surface area contributed by atoms with Gasteiger partial charge in [-0.15, -0.1) is 11.8 Å². The van der Waals surface area contributed by atoms with E-state index in [-0.39, 0.29) is 29.4 Å². The topological polar surface area (TPSA) is 72.2 Å². The lowest BCUT2D eigenvalue weighted by atomic mass is 10.1. The number of thioether (sulfide) groups is 1. The highest BCUT2D eigenvalue weighted by Gasteiger charge is 2.14. The smallest absolute Gasteiger partial charge is 0.230 e. The number of hydrogen-bond acceptors (Lipinski definition) is 3. The summed E-state index contributed by atoms with van der Waals surface area (Å²) in [5.74, 6) is -1.93. The maximum atomic E-state index is 13.4. The molecule has 2 amide bonds. The second kappa shape index (κ2) is 7.84. The van der Waals surface area contributed by atoms with E-state index in [2.05, 4.69) is 5.32 Å². The second-order valence-electron chi connectivity index (χ2n) is 4.33. The number of amides is 2. The van der Waals surface area contributed by atoms with Crippen LogP contribution in [0.2, 0.25) is 0 Å². The molecule has 0 aliphatic rings. The van der Waals surface area contributed by atoms with Crippen LogP contribution >= 0.6 is 11.8 Å². The normalized spacial score (nSPS) is 11.9. The van der Waals surface area contributed by atoms with Crippen molar-refractivity contribution in [1.29, 1.82) is 0 Å².